The van der Waals surface area contributed by atoms with E-state index in [9.17, 15) is 14.0 Å². The molecule has 0 aliphatic heterocycles. The van der Waals surface area contributed by atoms with E-state index >= 15 is 0 Å². The number of hydrogen-bond acceptors (Lipinski definition) is 4. The summed E-state index contributed by atoms with van der Waals surface area (Å²) < 4.78 is 23.4. The van der Waals surface area contributed by atoms with Gasteiger partial charge in [-0.15, -0.1) is 0 Å². The van der Waals surface area contributed by atoms with Crippen LogP contribution in [0.15, 0.2) is 65.1 Å². The molecule has 0 saturated carbocycles. The van der Waals surface area contributed by atoms with Crippen LogP contribution in [0.5, 0.6) is 0 Å². The fourth-order valence-corrected chi connectivity index (χ4v) is 2.49. The Bertz CT molecular complexity index is 942. The molecule has 0 unspecified atom stereocenters. The normalized spacial score (nSPS) is 12.2. The van der Waals surface area contributed by atoms with Gasteiger partial charge in [0.05, 0.1) is 6.04 Å². The number of nitrogens with one attached hydrogen (secondary N) is 1. The molecule has 3 aromatic rings. The maximum Gasteiger partial charge on any atom is 0.331 e. The standard InChI is InChI=1S/C21H18FNO4/c1-14(19-12-16-4-2-3-5-18(16)27-19)23-20(24)13-26-21(25)11-8-15-6-9-17(22)10-7-15/h2-12,14H,13H2,1H3,(H,23,24)/b11-8+/t14-/m0/s1. The molecule has 0 bridgehead atoms. The van der Waals surface area contributed by atoms with Crippen LogP contribution in [0.4, 0.5) is 4.39 Å². The Morgan fingerprint density at radius 1 is 1.19 bits per heavy atom. The van der Waals surface area contributed by atoms with Crippen molar-refractivity contribution in [2.45, 2.75) is 13.0 Å². The van der Waals surface area contributed by atoms with Crippen LogP contribution in [-0.2, 0) is 14.3 Å². The van der Waals surface area contributed by atoms with Gasteiger partial charge in [-0.25, -0.2) is 9.18 Å². The van der Waals surface area contributed by atoms with Gasteiger partial charge in [0.2, 0.25) is 0 Å². The number of hydrogen-bond donors (Lipinski definition) is 1. The quantitative estimate of drug-likeness (QED) is 0.528. The number of benzene rings is 2. The van der Waals surface area contributed by atoms with Crippen molar-refractivity contribution in [3.63, 3.8) is 0 Å². The van der Waals surface area contributed by atoms with Gasteiger partial charge in [-0.3, -0.25) is 4.79 Å². The predicted octanol–water partition coefficient (Wildman–Crippen LogP) is 4.01. The predicted molar refractivity (Wildman–Crippen MR) is 99.2 cm³/mol. The Hall–Kier alpha value is -3.41. The molecule has 0 spiro atoms. The summed E-state index contributed by atoms with van der Waals surface area (Å²) in [5.41, 5.74) is 1.39. The molecule has 0 saturated heterocycles. The summed E-state index contributed by atoms with van der Waals surface area (Å²) in [5.74, 6) is -0.839. The van der Waals surface area contributed by atoms with Crippen LogP contribution < -0.4 is 5.32 Å². The van der Waals surface area contributed by atoms with Gasteiger partial charge in [0.25, 0.3) is 5.91 Å². The molecule has 1 N–H and O–H groups in total. The fraction of sp³-hybridized carbons (Fsp3) is 0.143. The van der Waals surface area contributed by atoms with E-state index in [1.165, 1.54) is 36.4 Å². The zero-order valence-corrected chi connectivity index (χ0v) is 14.6. The summed E-state index contributed by atoms with van der Waals surface area (Å²) in [7, 11) is 0. The lowest BCUT2D eigenvalue weighted by Crippen LogP contribution is -2.30. The van der Waals surface area contributed by atoms with Gasteiger partial charge in [-0.2, -0.15) is 0 Å². The molecule has 1 atom stereocenters. The van der Waals surface area contributed by atoms with Gasteiger partial charge in [0.1, 0.15) is 17.2 Å². The number of ether oxygens (including phenoxy) is 1. The van der Waals surface area contributed by atoms with Crippen LogP contribution in [0.1, 0.15) is 24.3 Å². The van der Waals surface area contributed by atoms with Crippen LogP contribution in [-0.4, -0.2) is 18.5 Å². The van der Waals surface area contributed by atoms with Gasteiger partial charge in [-0.1, -0.05) is 30.3 Å². The van der Waals surface area contributed by atoms with Gasteiger partial charge in [-0.05, 0) is 42.8 Å². The summed E-state index contributed by atoms with van der Waals surface area (Å²) >= 11 is 0. The van der Waals surface area contributed by atoms with E-state index in [0.29, 0.717) is 11.3 Å². The molecule has 1 aromatic heterocycles. The van der Waals surface area contributed by atoms with Gasteiger partial charge >= 0.3 is 5.97 Å². The lowest BCUT2D eigenvalue weighted by atomic mass is 10.2. The number of carbonyl (C=O) groups is 2. The Morgan fingerprint density at radius 2 is 1.93 bits per heavy atom. The van der Waals surface area contributed by atoms with Crippen molar-refractivity contribution >= 4 is 28.9 Å². The van der Waals surface area contributed by atoms with Crippen molar-refractivity contribution in [2.75, 3.05) is 6.61 Å². The van der Waals surface area contributed by atoms with E-state index < -0.39 is 18.5 Å². The number of esters is 1. The summed E-state index contributed by atoms with van der Waals surface area (Å²) in [4.78, 5) is 23.6. The third-order valence-electron chi connectivity index (χ3n) is 3.88. The monoisotopic (exact) mass is 367 g/mol. The summed E-state index contributed by atoms with van der Waals surface area (Å²) in [6, 6.07) is 14.7. The van der Waals surface area contributed by atoms with Crippen molar-refractivity contribution in [2.24, 2.45) is 0 Å². The van der Waals surface area contributed by atoms with Crippen molar-refractivity contribution in [1.82, 2.24) is 5.32 Å². The molecule has 0 radical (unpaired) electrons. The Kier molecular flexibility index (Phi) is 5.66. The summed E-state index contributed by atoms with van der Waals surface area (Å²) in [6.07, 6.45) is 2.67. The number of halogens is 1. The van der Waals surface area contributed by atoms with E-state index in [1.807, 2.05) is 30.3 Å². The van der Waals surface area contributed by atoms with Gasteiger partial charge < -0.3 is 14.5 Å². The van der Waals surface area contributed by atoms with Gasteiger partial charge in [0, 0.05) is 11.5 Å². The zero-order chi connectivity index (χ0) is 19.2. The van der Waals surface area contributed by atoms with Crippen molar-refractivity contribution in [1.29, 1.82) is 0 Å². The van der Waals surface area contributed by atoms with Crippen LogP contribution in [0.25, 0.3) is 17.0 Å². The molecule has 0 aliphatic rings. The van der Waals surface area contributed by atoms with Crippen molar-refractivity contribution in [3.05, 3.63) is 77.8 Å². The number of rotatable bonds is 6. The number of fused-ring (bicyclic) bond motifs is 1. The molecular weight excluding hydrogens is 349 g/mol. The van der Waals surface area contributed by atoms with Crippen molar-refractivity contribution < 1.29 is 23.1 Å². The Labute approximate surface area is 155 Å². The van der Waals surface area contributed by atoms with E-state index in [1.54, 1.807) is 6.92 Å². The first-order valence-corrected chi connectivity index (χ1v) is 8.39. The highest BCUT2D eigenvalue weighted by atomic mass is 19.1. The lowest BCUT2D eigenvalue weighted by Gasteiger charge is -2.11. The first-order chi connectivity index (χ1) is 13.0. The highest BCUT2D eigenvalue weighted by Crippen LogP contribution is 2.23. The maximum absolute atomic E-state index is 12.8. The third-order valence-corrected chi connectivity index (χ3v) is 3.88. The minimum atomic E-state index is -0.661. The Balaban J connectivity index is 1.48. The summed E-state index contributed by atoms with van der Waals surface area (Å²) in [6.45, 7) is 1.38. The first kappa shape index (κ1) is 18.4. The molecule has 0 aliphatic carbocycles. The van der Waals surface area contributed by atoms with Crippen LogP contribution in [0.3, 0.4) is 0 Å². The second-order valence-corrected chi connectivity index (χ2v) is 5.97. The maximum atomic E-state index is 12.8. The first-order valence-electron chi connectivity index (χ1n) is 8.39. The third kappa shape index (κ3) is 5.04. The smallest absolute Gasteiger partial charge is 0.331 e. The molecule has 3 rings (SSSR count). The van der Waals surface area contributed by atoms with E-state index in [0.717, 1.165) is 11.0 Å². The SMILES string of the molecule is C[C@H](NC(=O)COC(=O)/C=C/c1ccc(F)cc1)c1cc2ccccc2o1. The zero-order valence-electron chi connectivity index (χ0n) is 14.6. The second-order valence-electron chi connectivity index (χ2n) is 5.97. The van der Waals surface area contributed by atoms with Gasteiger partial charge in [0.15, 0.2) is 6.61 Å². The average Bonchev–Trinajstić information content (AvgIpc) is 3.10. The highest BCUT2D eigenvalue weighted by Gasteiger charge is 2.15. The Morgan fingerprint density at radius 3 is 2.67 bits per heavy atom. The minimum absolute atomic E-state index is 0.357. The second kappa shape index (κ2) is 8.31. The van der Waals surface area contributed by atoms with Crippen LogP contribution >= 0.6 is 0 Å². The fourth-order valence-electron chi connectivity index (χ4n) is 2.49. The molecule has 5 nitrogen and oxygen atoms in total. The molecule has 1 heterocycles. The molecule has 27 heavy (non-hydrogen) atoms. The average molecular weight is 367 g/mol. The number of amides is 1. The lowest BCUT2D eigenvalue weighted by molar-refractivity contribution is -0.144. The molecule has 6 heteroatoms. The highest BCUT2D eigenvalue weighted by molar-refractivity contribution is 5.89. The molecule has 0 fully saturated rings. The van der Waals surface area contributed by atoms with Crippen LogP contribution in [0.2, 0.25) is 0 Å². The van der Waals surface area contributed by atoms with Crippen LogP contribution in [0, 0.1) is 5.82 Å². The number of furan rings is 1. The number of carbonyl (C=O) groups excluding carboxylic acids is 2. The van der Waals surface area contributed by atoms with Crippen molar-refractivity contribution in [3.8, 4) is 0 Å². The molecule has 138 valence electrons. The number of para-hydroxylation sites is 1. The minimum Gasteiger partial charge on any atom is -0.459 e. The van der Waals surface area contributed by atoms with E-state index in [2.05, 4.69) is 5.32 Å². The van der Waals surface area contributed by atoms with E-state index in [4.69, 9.17) is 9.15 Å². The van der Waals surface area contributed by atoms with E-state index in [-0.39, 0.29) is 11.9 Å². The summed E-state index contributed by atoms with van der Waals surface area (Å²) in [5, 5.41) is 3.67. The molecule has 1 amide bonds. The molecule has 2 aromatic carbocycles. The largest absolute Gasteiger partial charge is 0.459 e. The molecular formula is C21H18FNO4. The topological polar surface area (TPSA) is 68.5 Å².